The minimum atomic E-state index is -0.0826. The molecule has 57 heavy (non-hydrogen) atoms. The molecule has 0 fully saturated rings. The van der Waals surface area contributed by atoms with Crippen LogP contribution in [-0.2, 0) is 38.4 Å². The van der Waals surface area contributed by atoms with E-state index < -0.39 is 0 Å². The molecule has 7 aromatic rings. The smallest absolute Gasteiger partial charge is 0.357 e. The van der Waals surface area contributed by atoms with Gasteiger partial charge in [0.15, 0.2) is 0 Å². The van der Waals surface area contributed by atoms with Crippen molar-refractivity contribution in [1.82, 2.24) is 39.9 Å². The van der Waals surface area contributed by atoms with E-state index in [-0.39, 0.29) is 38.4 Å². The van der Waals surface area contributed by atoms with E-state index in [4.69, 9.17) is 39.9 Å². The van der Waals surface area contributed by atoms with Crippen LogP contribution in [0.15, 0.2) is 72.8 Å². The van der Waals surface area contributed by atoms with Gasteiger partial charge in [-0.3, -0.25) is 0 Å². The van der Waals surface area contributed by atoms with E-state index in [1.807, 2.05) is 0 Å². The van der Waals surface area contributed by atoms with Gasteiger partial charge in [-0.05, 0) is 89.7 Å². The number of nitrogens with zero attached hydrogens (tertiary/aromatic N) is 8. The Balaban J connectivity index is 0.00000455. The predicted octanol–water partition coefficient (Wildman–Crippen LogP) is 11.3. The molecule has 4 aromatic carbocycles. The van der Waals surface area contributed by atoms with Crippen LogP contribution in [0.3, 0.4) is 0 Å². The first kappa shape index (κ1) is 38.6. The van der Waals surface area contributed by atoms with Crippen molar-refractivity contribution in [3.8, 4) is 45.6 Å². The van der Waals surface area contributed by atoms with Crippen LogP contribution in [-0.4, -0.2) is 29.9 Å². The van der Waals surface area contributed by atoms with Crippen molar-refractivity contribution in [2.45, 2.75) is 105 Å². The van der Waals surface area contributed by atoms with E-state index in [0.717, 1.165) is 43.8 Å². The van der Waals surface area contributed by atoms with Crippen molar-refractivity contribution in [2.75, 3.05) is 0 Å². The number of hydrogen-bond donors (Lipinski definition) is 0. The Labute approximate surface area is 344 Å². The second-order valence-electron chi connectivity index (χ2n) is 19.5. The summed E-state index contributed by atoms with van der Waals surface area (Å²) in [7, 11) is 0. The van der Waals surface area contributed by atoms with Crippen LogP contribution in [0.5, 0.6) is 0 Å². The third-order valence-electron chi connectivity index (χ3n) is 11.2. The van der Waals surface area contributed by atoms with E-state index in [2.05, 4.69) is 156 Å². The van der Waals surface area contributed by atoms with Crippen LogP contribution in [0.4, 0.5) is 0 Å². The number of benzene rings is 4. The molecule has 2 aliphatic rings. The third kappa shape index (κ3) is 6.64. The standard InChI is InChI=1S/C48H48N8.Co/c1-45(2,3)25-13-17-29-33(21-25)41-49-37(29)54-42-35-23-27(47(7,8)9)15-19-31(35)39(51-42)56-44-36-24-28(48(10,11)12)16-20-32(36)40(52-44)55-43-34-22-26(46(4,5)6)14-18-30(34)38(50-43)53-41;/h13-24H,1-12H3;/q-2;+2. The monoisotopic (exact) mass is 795 g/mol. The Hall–Kier alpha value is -5.25. The van der Waals surface area contributed by atoms with Crippen LogP contribution in [0, 0.1) is 0 Å². The molecule has 0 spiro atoms. The van der Waals surface area contributed by atoms with Gasteiger partial charge in [0, 0.05) is 44.8 Å². The zero-order valence-corrected chi connectivity index (χ0v) is 35.9. The predicted molar refractivity (Wildman–Crippen MR) is 229 cm³/mol. The van der Waals surface area contributed by atoms with E-state index >= 15 is 0 Å². The molecule has 0 N–H and O–H groups in total. The van der Waals surface area contributed by atoms with Crippen molar-refractivity contribution in [2.24, 2.45) is 0 Å². The number of aromatic nitrogens is 8. The fourth-order valence-corrected chi connectivity index (χ4v) is 7.53. The molecule has 0 unspecified atom stereocenters. The second kappa shape index (κ2) is 12.9. The maximum atomic E-state index is 5.25. The third-order valence-corrected chi connectivity index (χ3v) is 11.2. The van der Waals surface area contributed by atoms with E-state index in [9.17, 15) is 0 Å². The Bertz CT molecular complexity index is 2760. The van der Waals surface area contributed by atoms with Gasteiger partial charge in [0.05, 0.1) is 23.3 Å². The molecule has 9 heteroatoms. The Kier molecular flexibility index (Phi) is 8.72. The molecule has 0 atom stereocenters. The van der Waals surface area contributed by atoms with E-state index in [1.54, 1.807) is 0 Å². The SMILES string of the molecule is CC(C)(C)c1ccc2c(c1)-c1nc-2nc2[n-]c(nc3nc(nc4[n-]c(n1)c1ccc(C(C)(C)C)cc41)-c1ccc(C(C)(C)C)cc1-3)c1ccc(C(C)(C)C)cc21.[Co+2]. The molecule has 2 aliphatic heterocycles. The Morgan fingerprint density at radius 1 is 0.316 bits per heavy atom. The topological polar surface area (TPSA) is 106 Å². The summed E-state index contributed by atoms with van der Waals surface area (Å²) in [5.74, 6) is 2.24. The van der Waals surface area contributed by atoms with Crippen molar-refractivity contribution in [3.63, 3.8) is 0 Å². The van der Waals surface area contributed by atoms with Crippen LogP contribution in [0.1, 0.15) is 105 Å². The van der Waals surface area contributed by atoms with Crippen LogP contribution in [0.2, 0.25) is 0 Å². The molecule has 8 bridgehead atoms. The summed E-state index contributed by atoms with van der Waals surface area (Å²) >= 11 is 0. The largest absolute Gasteiger partial charge is 2.00 e. The molecule has 289 valence electrons. The summed E-state index contributed by atoms with van der Waals surface area (Å²) in [6.45, 7) is 26.6. The maximum absolute atomic E-state index is 5.25. The molecular weight excluding hydrogens is 748 g/mol. The van der Waals surface area contributed by atoms with Gasteiger partial charge in [-0.25, -0.2) is 9.97 Å². The molecule has 0 amide bonds. The second-order valence-corrected chi connectivity index (χ2v) is 19.5. The van der Waals surface area contributed by atoms with Gasteiger partial charge in [0.25, 0.3) is 0 Å². The van der Waals surface area contributed by atoms with Gasteiger partial charge >= 0.3 is 16.8 Å². The quantitative estimate of drug-likeness (QED) is 0.149. The summed E-state index contributed by atoms with van der Waals surface area (Å²) in [6, 6.07) is 25.9. The molecule has 1 radical (unpaired) electrons. The average Bonchev–Trinajstić information content (AvgIpc) is 3.84. The number of rotatable bonds is 0. The summed E-state index contributed by atoms with van der Waals surface area (Å²) in [5.41, 5.74) is 10.3. The number of fused-ring (bicyclic) bond motifs is 20. The molecule has 9 rings (SSSR count). The fourth-order valence-electron chi connectivity index (χ4n) is 7.53. The zero-order chi connectivity index (χ0) is 39.7. The van der Waals surface area contributed by atoms with Gasteiger partial charge in [-0.1, -0.05) is 132 Å². The van der Waals surface area contributed by atoms with Gasteiger partial charge < -0.3 is 29.9 Å². The van der Waals surface area contributed by atoms with Gasteiger partial charge in [-0.15, -0.1) is 0 Å². The normalized spacial score (nSPS) is 13.1. The van der Waals surface area contributed by atoms with Crippen molar-refractivity contribution in [3.05, 3.63) is 95.1 Å². The van der Waals surface area contributed by atoms with Crippen LogP contribution >= 0.6 is 0 Å². The van der Waals surface area contributed by atoms with Crippen molar-refractivity contribution >= 4 is 44.1 Å². The first-order valence-electron chi connectivity index (χ1n) is 19.5. The van der Waals surface area contributed by atoms with Crippen LogP contribution in [0.25, 0.3) is 89.7 Å². The molecule has 3 aromatic heterocycles. The minimum Gasteiger partial charge on any atom is -0.357 e. The maximum Gasteiger partial charge on any atom is 2.00 e. The first-order valence-corrected chi connectivity index (χ1v) is 19.5. The summed E-state index contributed by atoms with van der Waals surface area (Å²) in [6.07, 6.45) is 0. The molecule has 5 heterocycles. The summed E-state index contributed by atoms with van der Waals surface area (Å²) in [5, 5.41) is 3.64. The van der Waals surface area contributed by atoms with Crippen LogP contribution < -0.4 is 9.97 Å². The fraction of sp³-hybridized carbons (Fsp3) is 0.333. The minimum absolute atomic E-state index is 0. The van der Waals surface area contributed by atoms with Gasteiger partial charge in [0.2, 0.25) is 0 Å². The van der Waals surface area contributed by atoms with Crippen molar-refractivity contribution in [1.29, 1.82) is 0 Å². The molecule has 0 saturated heterocycles. The van der Waals surface area contributed by atoms with Gasteiger partial charge in [-0.2, -0.15) is 0 Å². The van der Waals surface area contributed by atoms with E-state index in [0.29, 0.717) is 45.9 Å². The van der Waals surface area contributed by atoms with E-state index in [1.165, 1.54) is 22.3 Å². The summed E-state index contributed by atoms with van der Waals surface area (Å²) < 4.78 is 0. The molecular formula is C48H48CoN8. The summed E-state index contributed by atoms with van der Waals surface area (Å²) in [4.78, 5) is 41.6. The van der Waals surface area contributed by atoms with Crippen molar-refractivity contribution < 1.29 is 16.8 Å². The Morgan fingerprint density at radius 3 is 0.930 bits per heavy atom. The molecule has 8 nitrogen and oxygen atoms in total. The van der Waals surface area contributed by atoms with Gasteiger partial charge in [0.1, 0.15) is 0 Å². The average molecular weight is 796 g/mol. The number of hydrogen-bond acceptors (Lipinski definition) is 6. The molecule has 0 aliphatic carbocycles. The molecule has 0 saturated carbocycles. The Morgan fingerprint density at radius 2 is 0.596 bits per heavy atom. The zero-order valence-electron chi connectivity index (χ0n) is 34.8. The first-order chi connectivity index (χ1) is 26.2.